The van der Waals surface area contributed by atoms with E-state index in [1.54, 1.807) is 0 Å². The van der Waals surface area contributed by atoms with Crippen LogP contribution in [-0.4, -0.2) is 29.9 Å². The molecule has 0 fully saturated rings. The van der Waals surface area contributed by atoms with E-state index in [9.17, 15) is 13.5 Å². The Labute approximate surface area is 169 Å². The average Bonchev–Trinajstić information content (AvgIpc) is 2.61. The lowest BCUT2D eigenvalue weighted by Crippen LogP contribution is -2.05. The molecule has 2 N–H and O–H groups in total. The minimum absolute atomic E-state index is 0.0795. The third kappa shape index (κ3) is 23.8. The summed E-state index contributed by atoms with van der Waals surface area (Å²) in [5.41, 5.74) is 0. The molecular formula is C22H46O4S. The molecule has 1 atom stereocenters. The Morgan fingerprint density at radius 2 is 0.926 bits per heavy atom. The molecule has 0 saturated heterocycles. The molecule has 0 aromatic carbocycles. The van der Waals surface area contributed by atoms with Gasteiger partial charge < -0.3 is 5.11 Å². The lowest BCUT2D eigenvalue weighted by atomic mass is 10.0. The van der Waals surface area contributed by atoms with Crippen molar-refractivity contribution in [1.82, 2.24) is 0 Å². The first kappa shape index (κ1) is 26.9. The van der Waals surface area contributed by atoms with Gasteiger partial charge in [0.1, 0.15) is 0 Å². The maximum absolute atomic E-state index is 10.6. The van der Waals surface area contributed by atoms with Crippen molar-refractivity contribution in [3.8, 4) is 0 Å². The van der Waals surface area contributed by atoms with Crippen LogP contribution in [0.1, 0.15) is 129 Å². The van der Waals surface area contributed by atoms with Gasteiger partial charge in [0.25, 0.3) is 10.1 Å². The largest absolute Gasteiger partial charge is 0.393 e. The molecule has 27 heavy (non-hydrogen) atoms. The van der Waals surface area contributed by atoms with Crippen LogP contribution in [0.15, 0.2) is 0 Å². The minimum Gasteiger partial charge on any atom is -0.393 e. The number of hydrogen-bond acceptors (Lipinski definition) is 3. The number of rotatable bonds is 21. The Kier molecular flexibility index (Phi) is 19.1. The molecule has 0 aromatic heterocycles. The lowest BCUT2D eigenvalue weighted by molar-refractivity contribution is 0.147. The predicted molar refractivity (Wildman–Crippen MR) is 116 cm³/mol. The van der Waals surface area contributed by atoms with Gasteiger partial charge in [-0.2, -0.15) is 8.42 Å². The normalized spacial score (nSPS) is 13.1. The van der Waals surface area contributed by atoms with E-state index in [1.165, 1.54) is 89.9 Å². The molecular weight excluding hydrogens is 360 g/mol. The molecule has 164 valence electrons. The van der Waals surface area contributed by atoms with E-state index in [0.717, 1.165) is 25.7 Å². The number of aliphatic hydroxyl groups is 1. The Bertz CT molecular complexity index is 395. The van der Waals surface area contributed by atoms with Crippen LogP contribution in [-0.2, 0) is 10.1 Å². The molecule has 4 nitrogen and oxygen atoms in total. The molecule has 1 unspecified atom stereocenters. The molecule has 0 saturated carbocycles. The molecule has 0 aliphatic heterocycles. The highest BCUT2D eigenvalue weighted by Gasteiger charge is 2.04. The number of aliphatic hydroxyl groups excluding tert-OH is 1. The van der Waals surface area contributed by atoms with Gasteiger partial charge in [-0.15, -0.1) is 0 Å². The SMILES string of the molecule is CCCCCCCC(O)CCCCCCCCCCCCCCS(=O)(=O)O. The highest BCUT2D eigenvalue weighted by molar-refractivity contribution is 7.85. The van der Waals surface area contributed by atoms with Gasteiger partial charge in [0.05, 0.1) is 11.9 Å². The summed E-state index contributed by atoms with van der Waals surface area (Å²) in [6.07, 6.45) is 22.1. The van der Waals surface area contributed by atoms with Gasteiger partial charge in [0.15, 0.2) is 0 Å². The minimum atomic E-state index is -3.77. The summed E-state index contributed by atoms with van der Waals surface area (Å²) >= 11 is 0. The molecule has 0 radical (unpaired) electrons. The van der Waals surface area contributed by atoms with E-state index in [2.05, 4.69) is 6.92 Å². The van der Waals surface area contributed by atoms with Crippen LogP contribution in [0.2, 0.25) is 0 Å². The summed E-state index contributed by atoms with van der Waals surface area (Å²) in [5.74, 6) is -0.0943. The van der Waals surface area contributed by atoms with Crippen molar-refractivity contribution in [2.75, 3.05) is 5.75 Å². The van der Waals surface area contributed by atoms with E-state index in [-0.39, 0.29) is 11.9 Å². The van der Waals surface area contributed by atoms with E-state index in [4.69, 9.17) is 4.55 Å². The third-order valence-corrected chi connectivity index (χ3v) is 6.14. The monoisotopic (exact) mass is 406 g/mol. The Morgan fingerprint density at radius 1 is 0.593 bits per heavy atom. The molecule has 0 bridgehead atoms. The molecule has 0 heterocycles. The van der Waals surface area contributed by atoms with Crippen LogP contribution in [0.5, 0.6) is 0 Å². The van der Waals surface area contributed by atoms with E-state index in [1.807, 2.05) is 0 Å². The molecule has 0 spiro atoms. The van der Waals surface area contributed by atoms with Crippen molar-refractivity contribution >= 4 is 10.1 Å². The predicted octanol–water partition coefficient (Wildman–Crippen LogP) is 6.67. The maximum atomic E-state index is 10.6. The van der Waals surface area contributed by atoms with E-state index < -0.39 is 10.1 Å². The van der Waals surface area contributed by atoms with Gasteiger partial charge >= 0.3 is 0 Å². The summed E-state index contributed by atoms with van der Waals surface area (Å²) in [7, 11) is -3.77. The van der Waals surface area contributed by atoms with Crippen LogP contribution in [0, 0.1) is 0 Å². The summed E-state index contributed by atoms with van der Waals surface area (Å²) in [4.78, 5) is 0. The van der Waals surface area contributed by atoms with Gasteiger partial charge in [-0.05, 0) is 19.3 Å². The molecule has 0 aliphatic carbocycles. The van der Waals surface area contributed by atoms with Crippen LogP contribution in [0.4, 0.5) is 0 Å². The number of unbranched alkanes of at least 4 members (excludes halogenated alkanes) is 15. The fraction of sp³-hybridized carbons (Fsp3) is 1.00. The zero-order valence-electron chi connectivity index (χ0n) is 17.8. The Balaban J connectivity index is 3.16. The first-order chi connectivity index (χ1) is 13.0. The number of hydrogen-bond donors (Lipinski definition) is 2. The Morgan fingerprint density at radius 3 is 1.30 bits per heavy atom. The summed E-state index contributed by atoms with van der Waals surface area (Å²) < 4.78 is 29.8. The standard InChI is InChI=1S/C22H46O4S/c1-2-3-4-13-16-19-22(23)20-17-14-11-9-7-5-6-8-10-12-15-18-21-27(24,25)26/h22-23H,2-21H2,1H3,(H,24,25,26). The van der Waals surface area contributed by atoms with Crippen molar-refractivity contribution in [1.29, 1.82) is 0 Å². The second-order valence-corrected chi connectivity index (χ2v) is 9.75. The fourth-order valence-corrected chi connectivity index (χ4v) is 4.13. The summed E-state index contributed by atoms with van der Waals surface area (Å²) in [6, 6.07) is 0. The quantitative estimate of drug-likeness (QED) is 0.165. The summed E-state index contributed by atoms with van der Waals surface area (Å²) in [6.45, 7) is 2.23. The fourth-order valence-electron chi connectivity index (χ4n) is 3.56. The first-order valence-electron chi connectivity index (χ1n) is 11.6. The smallest absolute Gasteiger partial charge is 0.264 e. The van der Waals surface area contributed by atoms with Crippen LogP contribution in [0.3, 0.4) is 0 Å². The van der Waals surface area contributed by atoms with Crippen molar-refractivity contribution in [2.24, 2.45) is 0 Å². The van der Waals surface area contributed by atoms with Crippen molar-refractivity contribution in [2.45, 2.75) is 135 Å². The second kappa shape index (κ2) is 19.2. The molecule has 0 rings (SSSR count). The third-order valence-electron chi connectivity index (χ3n) is 5.33. The topological polar surface area (TPSA) is 74.6 Å². The van der Waals surface area contributed by atoms with Crippen LogP contribution < -0.4 is 0 Å². The second-order valence-electron chi connectivity index (χ2n) is 8.17. The van der Waals surface area contributed by atoms with Gasteiger partial charge in [0, 0.05) is 0 Å². The molecule has 0 aliphatic rings. The van der Waals surface area contributed by atoms with Gasteiger partial charge in [0.2, 0.25) is 0 Å². The average molecular weight is 407 g/mol. The highest BCUT2D eigenvalue weighted by atomic mass is 32.2. The zero-order valence-corrected chi connectivity index (χ0v) is 18.7. The van der Waals surface area contributed by atoms with Gasteiger partial charge in [-0.3, -0.25) is 4.55 Å². The lowest BCUT2D eigenvalue weighted by Gasteiger charge is -2.10. The maximum Gasteiger partial charge on any atom is 0.264 e. The summed E-state index contributed by atoms with van der Waals surface area (Å²) in [5, 5.41) is 9.98. The van der Waals surface area contributed by atoms with Gasteiger partial charge in [-0.1, -0.05) is 110 Å². The van der Waals surface area contributed by atoms with Gasteiger partial charge in [-0.25, -0.2) is 0 Å². The highest BCUT2D eigenvalue weighted by Crippen LogP contribution is 2.15. The first-order valence-corrected chi connectivity index (χ1v) is 13.2. The van der Waals surface area contributed by atoms with Crippen LogP contribution >= 0.6 is 0 Å². The van der Waals surface area contributed by atoms with Crippen LogP contribution in [0.25, 0.3) is 0 Å². The van der Waals surface area contributed by atoms with Crippen molar-refractivity contribution < 1.29 is 18.1 Å². The van der Waals surface area contributed by atoms with E-state index in [0.29, 0.717) is 6.42 Å². The molecule has 0 aromatic rings. The van der Waals surface area contributed by atoms with E-state index >= 15 is 0 Å². The van der Waals surface area contributed by atoms with Crippen molar-refractivity contribution in [3.05, 3.63) is 0 Å². The molecule has 5 heteroatoms. The zero-order chi connectivity index (χ0) is 20.2. The molecule has 0 amide bonds. The Hall–Kier alpha value is -0.130. The van der Waals surface area contributed by atoms with Crippen molar-refractivity contribution in [3.63, 3.8) is 0 Å².